The van der Waals surface area contributed by atoms with E-state index in [2.05, 4.69) is 20.7 Å². The Morgan fingerprint density at radius 3 is 2.84 bits per heavy atom. The maximum atomic E-state index is 10.9. The molecule has 1 aromatic carbocycles. The minimum absolute atomic E-state index is 0.150. The van der Waals surface area contributed by atoms with Crippen LogP contribution in [0, 0.1) is 21.4 Å². The first-order valence-electron chi connectivity index (χ1n) is 4.86. The molecule has 98 valence electrons. The van der Waals surface area contributed by atoms with Crippen molar-refractivity contribution in [1.29, 1.82) is 5.26 Å². The lowest BCUT2D eigenvalue weighted by Gasteiger charge is -2.02. The highest BCUT2D eigenvalue weighted by Gasteiger charge is 2.16. The van der Waals surface area contributed by atoms with Gasteiger partial charge in [0.05, 0.1) is 22.1 Å². The molecular formula is C11H7BrN2O5. The van der Waals surface area contributed by atoms with Crippen molar-refractivity contribution in [1.82, 2.24) is 0 Å². The molecule has 0 aliphatic rings. The van der Waals surface area contributed by atoms with Crippen molar-refractivity contribution >= 4 is 33.8 Å². The van der Waals surface area contributed by atoms with Gasteiger partial charge in [-0.1, -0.05) is 0 Å². The van der Waals surface area contributed by atoms with E-state index in [4.69, 9.17) is 10.4 Å². The maximum absolute atomic E-state index is 10.9. The van der Waals surface area contributed by atoms with Gasteiger partial charge in [0.15, 0.2) is 0 Å². The zero-order chi connectivity index (χ0) is 14.4. The number of carboxylic acid groups (broad SMARTS) is 1. The van der Waals surface area contributed by atoms with E-state index in [1.807, 2.05) is 6.07 Å². The first kappa shape index (κ1) is 14.7. The van der Waals surface area contributed by atoms with Gasteiger partial charge in [0.25, 0.3) is 5.69 Å². The summed E-state index contributed by atoms with van der Waals surface area (Å²) in [5, 5.41) is 27.9. The molecule has 0 aliphatic heterocycles. The average molecular weight is 327 g/mol. The van der Waals surface area contributed by atoms with Crippen LogP contribution in [0.25, 0.3) is 6.08 Å². The largest absolute Gasteiger partial charge is 0.506 e. The second-order valence-corrected chi connectivity index (χ2v) is 4.09. The second kappa shape index (κ2) is 6.51. The first-order chi connectivity index (χ1) is 8.95. The highest BCUT2D eigenvalue weighted by atomic mass is 79.9. The van der Waals surface area contributed by atoms with Crippen molar-refractivity contribution in [2.24, 2.45) is 0 Å². The lowest BCUT2D eigenvalue weighted by Crippen LogP contribution is -1.99. The minimum atomic E-state index is -1.43. The van der Waals surface area contributed by atoms with Crippen molar-refractivity contribution in [2.75, 3.05) is 6.61 Å². The summed E-state index contributed by atoms with van der Waals surface area (Å²) in [5.74, 6) is 0. The van der Waals surface area contributed by atoms with Crippen LogP contribution in [0.2, 0.25) is 0 Å². The van der Waals surface area contributed by atoms with Crippen LogP contribution in [-0.2, 0) is 4.74 Å². The number of benzene rings is 1. The molecule has 1 aromatic rings. The van der Waals surface area contributed by atoms with Gasteiger partial charge < -0.3 is 9.84 Å². The van der Waals surface area contributed by atoms with Crippen molar-refractivity contribution in [3.05, 3.63) is 43.9 Å². The molecule has 0 aliphatic carbocycles. The van der Waals surface area contributed by atoms with Crippen LogP contribution in [0.4, 0.5) is 10.5 Å². The summed E-state index contributed by atoms with van der Waals surface area (Å²) >= 11 is 3.12. The molecule has 0 fully saturated rings. The standard InChI is InChI=1S/C11H7BrN2O5/c12-9-4-7(6-13)5-10(14(17)18)8(9)2-1-3-19-11(15)16/h1-2,4-5H,3H2,(H,15,16). The van der Waals surface area contributed by atoms with Crippen LogP contribution < -0.4 is 0 Å². The number of hydrogen-bond acceptors (Lipinski definition) is 5. The van der Waals surface area contributed by atoms with Crippen LogP contribution in [0.1, 0.15) is 11.1 Å². The van der Waals surface area contributed by atoms with Crippen LogP contribution in [-0.4, -0.2) is 22.8 Å². The summed E-state index contributed by atoms with van der Waals surface area (Å²) in [6, 6.07) is 4.39. The Kier molecular flexibility index (Phi) is 5.02. The molecule has 1 N–H and O–H groups in total. The second-order valence-electron chi connectivity index (χ2n) is 3.24. The molecule has 1 rings (SSSR count). The molecule has 0 radical (unpaired) electrons. The summed E-state index contributed by atoms with van der Waals surface area (Å²) in [4.78, 5) is 20.4. The fraction of sp³-hybridized carbons (Fsp3) is 0.0909. The molecule has 0 saturated heterocycles. The number of nitrogens with zero attached hydrogens (tertiary/aromatic N) is 2. The maximum Gasteiger partial charge on any atom is 0.506 e. The summed E-state index contributed by atoms with van der Waals surface area (Å²) in [5.41, 5.74) is 0.132. The molecule has 7 nitrogen and oxygen atoms in total. The van der Waals surface area contributed by atoms with Gasteiger partial charge in [0, 0.05) is 10.5 Å². The smallest absolute Gasteiger partial charge is 0.450 e. The lowest BCUT2D eigenvalue weighted by molar-refractivity contribution is -0.385. The number of carbonyl (C=O) groups is 1. The highest BCUT2D eigenvalue weighted by molar-refractivity contribution is 9.10. The van der Waals surface area contributed by atoms with E-state index in [0.717, 1.165) is 6.07 Å². The first-order valence-corrected chi connectivity index (χ1v) is 5.65. The van der Waals surface area contributed by atoms with Crippen molar-refractivity contribution in [3.63, 3.8) is 0 Å². The summed E-state index contributed by atoms with van der Waals surface area (Å²) in [7, 11) is 0. The molecule has 0 bridgehead atoms. The Bertz CT molecular complexity index is 591. The number of nitriles is 1. The van der Waals surface area contributed by atoms with Crippen LogP contribution in [0.3, 0.4) is 0 Å². The van der Waals surface area contributed by atoms with Gasteiger partial charge in [0.1, 0.15) is 6.61 Å². The third-order valence-corrected chi connectivity index (χ3v) is 2.68. The Hall–Kier alpha value is -2.40. The quantitative estimate of drug-likeness (QED) is 0.517. The molecule has 0 amide bonds. The van der Waals surface area contributed by atoms with E-state index in [1.54, 1.807) is 0 Å². The van der Waals surface area contributed by atoms with Crippen LogP contribution in [0.15, 0.2) is 22.7 Å². The summed E-state index contributed by atoms with van der Waals surface area (Å²) in [6.45, 7) is -0.223. The SMILES string of the molecule is N#Cc1cc(Br)c(C=CCOC(=O)O)c([N+](=O)[O-])c1. The van der Waals surface area contributed by atoms with Crippen molar-refractivity contribution in [3.8, 4) is 6.07 Å². The van der Waals surface area contributed by atoms with Gasteiger partial charge in [-0.3, -0.25) is 10.1 Å². The molecule has 0 heterocycles. The van der Waals surface area contributed by atoms with Gasteiger partial charge in [-0.05, 0) is 34.1 Å². The number of ether oxygens (including phenoxy) is 1. The van der Waals surface area contributed by atoms with Crippen LogP contribution >= 0.6 is 15.9 Å². The van der Waals surface area contributed by atoms with Gasteiger partial charge >= 0.3 is 6.16 Å². The van der Waals surface area contributed by atoms with Gasteiger partial charge in [0.2, 0.25) is 0 Å². The monoisotopic (exact) mass is 326 g/mol. The van der Waals surface area contributed by atoms with Crippen molar-refractivity contribution < 1.29 is 19.6 Å². The fourth-order valence-corrected chi connectivity index (χ4v) is 1.85. The average Bonchev–Trinajstić information content (AvgIpc) is 2.34. The van der Waals surface area contributed by atoms with Gasteiger partial charge in [-0.15, -0.1) is 0 Å². The molecule has 0 unspecified atom stereocenters. The molecule has 8 heteroatoms. The predicted octanol–water partition coefficient (Wildman–Crippen LogP) is 2.94. The van der Waals surface area contributed by atoms with Crippen LogP contribution in [0.5, 0.6) is 0 Å². The summed E-state index contributed by atoms with van der Waals surface area (Å²) < 4.78 is 4.61. The Morgan fingerprint density at radius 2 is 2.32 bits per heavy atom. The third-order valence-electron chi connectivity index (χ3n) is 2.02. The molecule has 0 spiro atoms. The molecule has 0 saturated carbocycles. The van der Waals surface area contributed by atoms with Gasteiger partial charge in [-0.25, -0.2) is 4.79 Å². The molecule has 0 aromatic heterocycles. The summed E-state index contributed by atoms with van der Waals surface area (Å²) in [6.07, 6.45) is 1.25. The normalized spacial score (nSPS) is 10.1. The topological polar surface area (TPSA) is 113 Å². The third kappa shape index (κ3) is 4.08. The van der Waals surface area contributed by atoms with E-state index in [9.17, 15) is 14.9 Å². The number of hydrogen-bond donors (Lipinski definition) is 1. The van der Waals surface area contributed by atoms with E-state index in [-0.39, 0.29) is 23.4 Å². The number of nitro groups is 1. The van der Waals surface area contributed by atoms with E-state index >= 15 is 0 Å². The Morgan fingerprint density at radius 1 is 1.63 bits per heavy atom. The van der Waals surface area contributed by atoms with Gasteiger partial charge in [-0.2, -0.15) is 5.26 Å². The Balaban J connectivity index is 3.09. The number of nitro benzene ring substituents is 1. The molecular weight excluding hydrogens is 320 g/mol. The van der Waals surface area contributed by atoms with E-state index in [1.165, 1.54) is 18.2 Å². The fourth-order valence-electron chi connectivity index (χ4n) is 1.27. The molecule has 19 heavy (non-hydrogen) atoms. The number of rotatable bonds is 4. The zero-order valence-electron chi connectivity index (χ0n) is 9.37. The molecule has 0 atom stereocenters. The highest BCUT2D eigenvalue weighted by Crippen LogP contribution is 2.29. The Labute approximate surface area is 116 Å². The minimum Gasteiger partial charge on any atom is -0.450 e. The predicted molar refractivity (Wildman–Crippen MR) is 68.5 cm³/mol. The van der Waals surface area contributed by atoms with E-state index in [0.29, 0.717) is 4.47 Å². The van der Waals surface area contributed by atoms with E-state index < -0.39 is 11.1 Å². The lowest BCUT2D eigenvalue weighted by atomic mass is 10.1. The zero-order valence-corrected chi connectivity index (χ0v) is 11.0. The number of halogens is 1. The van der Waals surface area contributed by atoms with Crippen molar-refractivity contribution in [2.45, 2.75) is 0 Å².